The summed E-state index contributed by atoms with van der Waals surface area (Å²) in [5, 5.41) is 8.39. The minimum atomic E-state index is 0.00981. The fourth-order valence-electron chi connectivity index (χ4n) is 1.20. The number of rotatable bonds is 3. The maximum atomic E-state index is 11.8. The van der Waals surface area contributed by atoms with Crippen molar-refractivity contribution in [1.82, 2.24) is 4.90 Å². The number of ketones is 1. The highest BCUT2D eigenvalue weighted by Gasteiger charge is 2.09. The summed E-state index contributed by atoms with van der Waals surface area (Å²) in [5.41, 5.74) is 0.666. The second kappa shape index (κ2) is 5.66. The molecule has 0 N–H and O–H groups in total. The van der Waals surface area contributed by atoms with Gasteiger partial charge in [0, 0.05) is 12.6 Å². The van der Waals surface area contributed by atoms with E-state index < -0.39 is 0 Å². The van der Waals surface area contributed by atoms with Crippen molar-refractivity contribution in [2.24, 2.45) is 4.99 Å². The number of Topliss-reactive ketones (excluding diaryl/α,β-unsaturated/α-hetero) is 1. The Labute approximate surface area is 94.8 Å². The van der Waals surface area contributed by atoms with E-state index in [-0.39, 0.29) is 12.3 Å². The van der Waals surface area contributed by atoms with Gasteiger partial charge in [0.25, 0.3) is 0 Å². The molecule has 0 fully saturated rings. The molecular formula is C12H13N3O. The zero-order valence-electron chi connectivity index (χ0n) is 9.34. The molecule has 0 aliphatic carbocycles. The van der Waals surface area contributed by atoms with E-state index in [2.05, 4.69) is 4.99 Å². The van der Waals surface area contributed by atoms with Crippen LogP contribution in [0, 0.1) is 11.5 Å². The molecule has 16 heavy (non-hydrogen) atoms. The lowest BCUT2D eigenvalue weighted by Gasteiger charge is -2.16. The van der Waals surface area contributed by atoms with Crippen LogP contribution in [0.4, 0.5) is 0 Å². The standard InChI is InChI=1S/C12H13N3O/c1-10(14-9-13)15(2)8-12(16)11-6-4-3-5-7-11/h3-7H,8H2,1-2H3. The minimum absolute atomic E-state index is 0.00981. The molecule has 0 unspecified atom stereocenters. The third kappa shape index (κ3) is 3.21. The number of nitriles is 1. The fraction of sp³-hybridized carbons (Fsp3) is 0.250. The van der Waals surface area contributed by atoms with Crippen molar-refractivity contribution in [2.45, 2.75) is 6.92 Å². The molecular weight excluding hydrogens is 202 g/mol. The molecule has 0 saturated carbocycles. The number of hydrogen-bond acceptors (Lipinski definition) is 3. The predicted octanol–water partition coefficient (Wildman–Crippen LogP) is 1.70. The molecule has 0 aliphatic heterocycles. The van der Waals surface area contributed by atoms with Crippen molar-refractivity contribution < 1.29 is 4.79 Å². The van der Waals surface area contributed by atoms with Crippen molar-refractivity contribution in [2.75, 3.05) is 13.6 Å². The van der Waals surface area contributed by atoms with Gasteiger partial charge in [-0.05, 0) is 6.92 Å². The summed E-state index contributed by atoms with van der Waals surface area (Å²) < 4.78 is 0. The molecule has 0 atom stereocenters. The third-order valence-corrected chi connectivity index (χ3v) is 2.24. The number of likely N-dealkylation sites (N-methyl/N-ethyl adjacent to an activating group) is 1. The monoisotopic (exact) mass is 215 g/mol. The van der Waals surface area contributed by atoms with E-state index in [0.717, 1.165) is 0 Å². The number of nitrogens with zero attached hydrogens (tertiary/aromatic N) is 3. The van der Waals surface area contributed by atoms with Gasteiger partial charge in [0.2, 0.25) is 6.19 Å². The summed E-state index contributed by atoms with van der Waals surface area (Å²) in [6.07, 6.45) is 1.70. The molecule has 0 aliphatic rings. The smallest absolute Gasteiger partial charge is 0.207 e. The number of amidine groups is 1. The summed E-state index contributed by atoms with van der Waals surface area (Å²) in [6, 6.07) is 9.05. The van der Waals surface area contributed by atoms with Crippen LogP contribution in [-0.4, -0.2) is 30.1 Å². The zero-order valence-corrected chi connectivity index (χ0v) is 9.34. The minimum Gasteiger partial charge on any atom is -0.355 e. The second-order valence-electron chi connectivity index (χ2n) is 3.40. The van der Waals surface area contributed by atoms with Crippen LogP contribution in [0.25, 0.3) is 0 Å². The van der Waals surface area contributed by atoms with E-state index in [4.69, 9.17) is 5.26 Å². The summed E-state index contributed by atoms with van der Waals surface area (Å²) in [5.74, 6) is 0.544. The highest BCUT2D eigenvalue weighted by molar-refractivity contribution is 5.99. The summed E-state index contributed by atoms with van der Waals surface area (Å²) >= 11 is 0. The van der Waals surface area contributed by atoms with Crippen LogP contribution < -0.4 is 0 Å². The maximum absolute atomic E-state index is 11.8. The zero-order chi connectivity index (χ0) is 12.0. The Morgan fingerprint density at radius 3 is 2.62 bits per heavy atom. The van der Waals surface area contributed by atoms with Crippen molar-refractivity contribution in [3.05, 3.63) is 35.9 Å². The average Bonchev–Trinajstić information content (AvgIpc) is 2.30. The molecule has 4 heteroatoms. The van der Waals surface area contributed by atoms with Gasteiger partial charge in [0.15, 0.2) is 5.78 Å². The lowest BCUT2D eigenvalue weighted by Crippen LogP contribution is -2.30. The summed E-state index contributed by atoms with van der Waals surface area (Å²) in [7, 11) is 1.73. The number of aliphatic imine (C=N–C) groups is 1. The summed E-state index contributed by atoms with van der Waals surface area (Å²) in [6.45, 7) is 1.92. The van der Waals surface area contributed by atoms with Crippen LogP contribution in [0.3, 0.4) is 0 Å². The van der Waals surface area contributed by atoms with Crippen LogP contribution in [0.1, 0.15) is 17.3 Å². The molecule has 0 radical (unpaired) electrons. The first kappa shape index (κ1) is 11.9. The molecule has 1 rings (SSSR count). The largest absolute Gasteiger partial charge is 0.355 e. The van der Waals surface area contributed by atoms with Crippen molar-refractivity contribution >= 4 is 11.6 Å². The van der Waals surface area contributed by atoms with E-state index in [0.29, 0.717) is 11.4 Å². The number of carbonyl (C=O) groups excluding carboxylic acids is 1. The van der Waals surface area contributed by atoms with Gasteiger partial charge in [-0.2, -0.15) is 10.3 Å². The van der Waals surface area contributed by atoms with E-state index in [1.54, 1.807) is 37.2 Å². The Kier molecular flexibility index (Phi) is 4.22. The van der Waals surface area contributed by atoms with Gasteiger partial charge in [-0.1, -0.05) is 30.3 Å². The van der Waals surface area contributed by atoms with Crippen molar-refractivity contribution in [1.29, 1.82) is 5.26 Å². The maximum Gasteiger partial charge on any atom is 0.207 e. The lowest BCUT2D eigenvalue weighted by atomic mass is 10.1. The van der Waals surface area contributed by atoms with Gasteiger partial charge in [-0.25, -0.2) is 0 Å². The first-order valence-electron chi connectivity index (χ1n) is 4.88. The van der Waals surface area contributed by atoms with Gasteiger partial charge >= 0.3 is 0 Å². The first-order chi connectivity index (χ1) is 7.65. The molecule has 82 valence electrons. The molecule has 0 saturated heterocycles. The highest BCUT2D eigenvalue weighted by Crippen LogP contribution is 2.01. The van der Waals surface area contributed by atoms with Crippen LogP contribution in [-0.2, 0) is 0 Å². The molecule has 4 nitrogen and oxygen atoms in total. The van der Waals surface area contributed by atoms with Gasteiger partial charge < -0.3 is 4.90 Å². The van der Waals surface area contributed by atoms with E-state index in [1.165, 1.54) is 0 Å². The van der Waals surface area contributed by atoms with Gasteiger partial charge in [0.05, 0.1) is 6.54 Å². The van der Waals surface area contributed by atoms with E-state index in [1.807, 2.05) is 18.2 Å². The number of hydrogen-bond donors (Lipinski definition) is 0. The molecule has 0 bridgehead atoms. The quantitative estimate of drug-likeness (QED) is 0.334. The molecule has 0 aromatic heterocycles. The Balaban J connectivity index is 2.67. The Morgan fingerprint density at radius 2 is 2.06 bits per heavy atom. The number of carbonyl (C=O) groups is 1. The molecule has 0 heterocycles. The molecule has 1 aromatic carbocycles. The van der Waals surface area contributed by atoms with E-state index >= 15 is 0 Å². The first-order valence-corrected chi connectivity index (χ1v) is 4.88. The Bertz CT molecular complexity index is 431. The van der Waals surface area contributed by atoms with Gasteiger partial charge in [-0.15, -0.1) is 0 Å². The topological polar surface area (TPSA) is 56.5 Å². The van der Waals surface area contributed by atoms with Crippen LogP contribution in [0.2, 0.25) is 0 Å². The van der Waals surface area contributed by atoms with Gasteiger partial charge in [-0.3, -0.25) is 4.79 Å². The average molecular weight is 215 g/mol. The van der Waals surface area contributed by atoms with Gasteiger partial charge in [0.1, 0.15) is 5.84 Å². The van der Waals surface area contributed by atoms with E-state index in [9.17, 15) is 4.79 Å². The van der Waals surface area contributed by atoms with Crippen LogP contribution in [0.15, 0.2) is 35.3 Å². The van der Waals surface area contributed by atoms with Crippen LogP contribution in [0.5, 0.6) is 0 Å². The lowest BCUT2D eigenvalue weighted by molar-refractivity contribution is 0.0970. The Morgan fingerprint density at radius 1 is 1.44 bits per heavy atom. The fourth-order valence-corrected chi connectivity index (χ4v) is 1.20. The predicted molar refractivity (Wildman–Crippen MR) is 62.1 cm³/mol. The SMILES string of the molecule is CC(=NC#N)N(C)CC(=O)c1ccccc1. The third-order valence-electron chi connectivity index (χ3n) is 2.24. The molecule has 0 amide bonds. The molecule has 0 spiro atoms. The summed E-state index contributed by atoms with van der Waals surface area (Å²) in [4.78, 5) is 17.0. The van der Waals surface area contributed by atoms with Crippen LogP contribution >= 0.6 is 0 Å². The molecule has 1 aromatic rings. The number of benzene rings is 1. The Hall–Kier alpha value is -2.15. The van der Waals surface area contributed by atoms with Crippen molar-refractivity contribution in [3.63, 3.8) is 0 Å². The normalized spacial score (nSPS) is 10.7. The van der Waals surface area contributed by atoms with Crippen molar-refractivity contribution in [3.8, 4) is 6.19 Å². The highest BCUT2D eigenvalue weighted by atomic mass is 16.1. The second-order valence-corrected chi connectivity index (χ2v) is 3.40.